The van der Waals surface area contributed by atoms with Gasteiger partial charge in [0.2, 0.25) is 15.9 Å². The summed E-state index contributed by atoms with van der Waals surface area (Å²) in [7, 11) is -0.209. The number of methoxy groups -OCH3 is 1. The van der Waals surface area contributed by atoms with E-state index < -0.39 is 10.0 Å². The highest BCUT2D eigenvalue weighted by Crippen LogP contribution is 2.31. The van der Waals surface area contributed by atoms with E-state index in [4.69, 9.17) is 14.5 Å². The van der Waals surface area contributed by atoms with Crippen molar-refractivity contribution in [1.82, 2.24) is 29.3 Å². The van der Waals surface area contributed by atoms with E-state index in [0.717, 1.165) is 30.0 Å². The maximum atomic E-state index is 13.5. The molecule has 0 aromatic carbocycles. The van der Waals surface area contributed by atoms with Crippen LogP contribution in [0.3, 0.4) is 0 Å². The molecule has 2 aliphatic rings. The Kier molecular flexibility index (Phi) is 7.74. The number of aryl methyl sites for hydroxylation is 1. The zero-order chi connectivity index (χ0) is 25.2. The van der Waals surface area contributed by atoms with E-state index in [2.05, 4.69) is 34.1 Å². The fourth-order valence-corrected chi connectivity index (χ4v) is 5.85. The van der Waals surface area contributed by atoms with Crippen molar-refractivity contribution in [3.8, 4) is 5.88 Å². The highest BCUT2D eigenvalue weighted by molar-refractivity contribution is 7.89. The van der Waals surface area contributed by atoms with E-state index in [1.54, 1.807) is 13.2 Å². The fraction of sp³-hybridized carbons (Fsp3) is 0.609. The van der Waals surface area contributed by atoms with Crippen molar-refractivity contribution in [1.29, 1.82) is 0 Å². The normalized spacial score (nSPS) is 18.0. The van der Waals surface area contributed by atoms with Crippen LogP contribution in [0.15, 0.2) is 22.2 Å². The summed E-state index contributed by atoms with van der Waals surface area (Å²) >= 11 is 0. The van der Waals surface area contributed by atoms with Gasteiger partial charge >= 0.3 is 0 Å². The Morgan fingerprint density at radius 2 is 1.94 bits per heavy atom. The average Bonchev–Trinajstić information content (AvgIpc) is 3.18. The number of sulfonamides is 1. The van der Waals surface area contributed by atoms with Gasteiger partial charge < -0.3 is 19.7 Å². The quantitative estimate of drug-likeness (QED) is 0.543. The summed E-state index contributed by atoms with van der Waals surface area (Å²) in [4.78, 5) is 11.6. The Bertz CT molecular complexity index is 1190. The number of rotatable bonds is 9. The number of likely N-dealkylation sites (N-methyl/N-ethyl adjacent to an activating group) is 1. The molecule has 1 atom stereocenters. The second kappa shape index (κ2) is 10.6. The highest BCUT2D eigenvalue weighted by atomic mass is 32.2. The number of amidine groups is 1. The van der Waals surface area contributed by atoms with Crippen LogP contribution < -0.4 is 10.1 Å². The zero-order valence-corrected chi connectivity index (χ0v) is 21.9. The maximum Gasteiger partial charge on any atom is 0.244 e. The highest BCUT2D eigenvalue weighted by Gasteiger charge is 2.31. The van der Waals surface area contributed by atoms with Gasteiger partial charge in [-0.1, -0.05) is 13.8 Å². The van der Waals surface area contributed by atoms with Crippen molar-refractivity contribution in [3.05, 3.63) is 29.2 Å². The third kappa shape index (κ3) is 5.20. The predicted octanol–water partition coefficient (Wildman–Crippen LogP) is 1.30. The van der Waals surface area contributed by atoms with Gasteiger partial charge in [-0.05, 0) is 26.0 Å². The molecule has 2 aliphatic heterocycles. The van der Waals surface area contributed by atoms with E-state index in [-0.39, 0.29) is 11.0 Å². The van der Waals surface area contributed by atoms with Gasteiger partial charge in [0.1, 0.15) is 28.2 Å². The van der Waals surface area contributed by atoms with Crippen LogP contribution in [0, 0.1) is 0 Å². The minimum absolute atomic E-state index is 0.126. The molecule has 2 aromatic heterocycles. The molecular formula is C23H35N7O4S. The number of ether oxygens (including phenoxy) is 2. The SMILES string of the molecule is CCc1c2c(nn1C)CNC(c1cc(S(=O)(=O)N3CCN(CC)CC3)cnc1O[C@H](C)COC)=N2. The summed E-state index contributed by atoms with van der Waals surface area (Å²) in [6.07, 6.45) is 1.87. The molecule has 0 spiro atoms. The van der Waals surface area contributed by atoms with Gasteiger partial charge in [-0.15, -0.1) is 0 Å². The second-order valence-corrected chi connectivity index (χ2v) is 10.7. The molecule has 0 aliphatic carbocycles. The molecular weight excluding hydrogens is 470 g/mol. The van der Waals surface area contributed by atoms with Gasteiger partial charge in [0, 0.05) is 40.3 Å². The lowest BCUT2D eigenvalue weighted by molar-refractivity contribution is 0.0887. The number of nitrogens with one attached hydrogen (secondary N) is 1. The van der Waals surface area contributed by atoms with Crippen LogP contribution >= 0.6 is 0 Å². The zero-order valence-electron chi connectivity index (χ0n) is 21.1. The van der Waals surface area contributed by atoms with Crippen molar-refractivity contribution >= 4 is 21.5 Å². The van der Waals surface area contributed by atoms with Crippen molar-refractivity contribution < 1.29 is 17.9 Å². The Morgan fingerprint density at radius 1 is 1.20 bits per heavy atom. The number of pyridine rings is 1. The number of aromatic nitrogens is 3. The smallest absolute Gasteiger partial charge is 0.244 e. The summed E-state index contributed by atoms with van der Waals surface area (Å²) in [5.74, 6) is 0.820. The molecule has 0 saturated carbocycles. The third-order valence-electron chi connectivity index (χ3n) is 6.40. The van der Waals surface area contributed by atoms with Gasteiger partial charge in [-0.25, -0.2) is 18.4 Å². The minimum Gasteiger partial charge on any atom is -0.472 e. The molecule has 4 rings (SSSR count). The average molecular weight is 506 g/mol. The molecule has 1 N–H and O–H groups in total. The van der Waals surface area contributed by atoms with E-state index in [0.29, 0.717) is 56.6 Å². The largest absolute Gasteiger partial charge is 0.472 e. The molecule has 0 bridgehead atoms. The summed E-state index contributed by atoms with van der Waals surface area (Å²) in [5, 5.41) is 7.83. The Hall–Kier alpha value is -2.54. The van der Waals surface area contributed by atoms with E-state index in [1.165, 1.54) is 10.5 Å². The summed E-state index contributed by atoms with van der Waals surface area (Å²) in [6.45, 7) is 10.1. The molecule has 2 aromatic rings. The van der Waals surface area contributed by atoms with Crippen molar-refractivity contribution in [3.63, 3.8) is 0 Å². The summed E-state index contributed by atoms with van der Waals surface area (Å²) in [5.41, 5.74) is 3.18. The Labute approximate surface area is 207 Å². The van der Waals surface area contributed by atoms with Gasteiger partial charge in [0.25, 0.3) is 0 Å². The predicted molar refractivity (Wildman–Crippen MR) is 133 cm³/mol. The first-order valence-electron chi connectivity index (χ1n) is 12.0. The topological polar surface area (TPSA) is 114 Å². The van der Waals surface area contributed by atoms with Crippen molar-refractivity contribution in [2.24, 2.45) is 12.0 Å². The third-order valence-corrected chi connectivity index (χ3v) is 8.27. The van der Waals surface area contributed by atoms with Crippen LogP contribution in [0.5, 0.6) is 5.88 Å². The Balaban J connectivity index is 1.74. The number of nitrogens with zero attached hydrogens (tertiary/aromatic N) is 6. The Morgan fingerprint density at radius 3 is 2.60 bits per heavy atom. The minimum atomic E-state index is -3.71. The van der Waals surface area contributed by atoms with Crippen molar-refractivity contribution in [2.45, 2.75) is 44.7 Å². The summed E-state index contributed by atoms with van der Waals surface area (Å²) in [6, 6.07) is 1.61. The lowest BCUT2D eigenvalue weighted by Crippen LogP contribution is -2.48. The van der Waals surface area contributed by atoms with E-state index in [1.807, 2.05) is 18.7 Å². The van der Waals surface area contributed by atoms with Crippen LogP contribution in [-0.2, 0) is 34.8 Å². The van der Waals surface area contributed by atoms with Gasteiger partial charge in [0.05, 0.1) is 30.6 Å². The van der Waals surface area contributed by atoms with Crippen LogP contribution in [0.1, 0.15) is 37.7 Å². The van der Waals surface area contributed by atoms with Crippen LogP contribution in [-0.4, -0.2) is 90.8 Å². The number of piperazine rings is 1. The van der Waals surface area contributed by atoms with Crippen molar-refractivity contribution in [2.75, 3.05) is 46.4 Å². The molecule has 0 amide bonds. The molecule has 11 nitrogen and oxygen atoms in total. The first-order valence-corrected chi connectivity index (χ1v) is 13.5. The van der Waals surface area contributed by atoms with E-state index in [9.17, 15) is 8.42 Å². The van der Waals surface area contributed by atoms with Crippen LogP contribution in [0.4, 0.5) is 5.69 Å². The summed E-state index contributed by atoms with van der Waals surface area (Å²) < 4.78 is 41.6. The number of aliphatic imine (C=N–C) groups is 1. The van der Waals surface area contributed by atoms with Gasteiger partial charge in [-0.2, -0.15) is 9.40 Å². The lowest BCUT2D eigenvalue weighted by Gasteiger charge is -2.33. The monoisotopic (exact) mass is 505 g/mol. The van der Waals surface area contributed by atoms with E-state index >= 15 is 0 Å². The molecule has 192 valence electrons. The molecule has 4 heterocycles. The number of fused-ring (bicyclic) bond motifs is 1. The maximum absolute atomic E-state index is 13.5. The first-order chi connectivity index (χ1) is 16.8. The standard InChI is InChI=1S/C23H35N7O4S/c1-6-20-21-19(27-28(20)4)14-24-22(26-21)18-12-17(13-25-23(18)34-16(3)15-33-5)35(31,32)30-10-8-29(7-2)9-11-30/h12-13,16H,6-11,14-15H2,1-5H3,(H,24,26)/t16-/m1/s1. The fourth-order valence-electron chi connectivity index (χ4n) is 4.46. The second-order valence-electron chi connectivity index (χ2n) is 8.78. The van der Waals surface area contributed by atoms with Crippen LogP contribution in [0.25, 0.3) is 0 Å². The van der Waals surface area contributed by atoms with Gasteiger partial charge in [-0.3, -0.25) is 4.68 Å². The molecule has 1 fully saturated rings. The number of hydrogen-bond acceptors (Lipinski definition) is 9. The first kappa shape index (κ1) is 25.5. The molecule has 35 heavy (non-hydrogen) atoms. The lowest BCUT2D eigenvalue weighted by atomic mass is 10.1. The molecule has 1 saturated heterocycles. The molecule has 12 heteroatoms. The van der Waals surface area contributed by atoms with Gasteiger partial charge in [0.15, 0.2) is 0 Å². The number of hydrogen-bond donors (Lipinski definition) is 1. The molecule has 0 unspecified atom stereocenters. The molecule has 0 radical (unpaired) electrons. The van der Waals surface area contributed by atoms with Crippen LogP contribution in [0.2, 0.25) is 0 Å².